The second-order valence-corrected chi connectivity index (χ2v) is 11.5. The Hall–Kier alpha value is -3.22. The molecule has 0 spiro atoms. The van der Waals surface area contributed by atoms with Gasteiger partial charge in [0.1, 0.15) is 5.60 Å². The van der Waals surface area contributed by atoms with E-state index >= 15 is 0 Å². The number of benzene rings is 4. The Labute approximate surface area is 204 Å². The fourth-order valence-electron chi connectivity index (χ4n) is 4.11. The molecule has 2 nitrogen and oxygen atoms in total. The van der Waals surface area contributed by atoms with Gasteiger partial charge < -0.3 is 4.74 Å². The lowest BCUT2D eigenvalue weighted by Crippen LogP contribution is -2.24. The molecule has 0 atom stereocenters. The van der Waals surface area contributed by atoms with E-state index in [0.717, 1.165) is 5.56 Å². The maximum Gasteiger partial charge on any atom is 0.306 e. The van der Waals surface area contributed by atoms with Crippen LogP contribution in [0.1, 0.15) is 32.8 Å². The van der Waals surface area contributed by atoms with Crippen LogP contribution in [0, 0.1) is 0 Å². The fourth-order valence-corrected chi connectivity index (χ4v) is 6.57. The SMILES string of the molecule is CC(C)(C)OC(=O)CCc1ccccc1-c1ccccc1P(c1ccccc1)c1ccccc1. The van der Waals surface area contributed by atoms with Crippen LogP contribution in [0.4, 0.5) is 0 Å². The highest BCUT2D eigenvalue weighted by Gasteiger charge is 2.21. The predicted octanol–water partition coefficient (Wildman–Crippen LogP) is 6.39. The molecule has 34 heavy (non-hydrogen) atoms. The first kappa shape index (κ1) is 23.9. The predicted molar refractivity (Wildman–Crippen MR) is 145 cm³/mol. The van der Waals surface area contributed by atoms with E-state index in [1.807, 2.05) is 26.8 Å². The molecular weight excluding hydrogens is 435 g/mol. The molecule has 4 rings (SSSR count). The average Bonchev–Trinajstić information content (AvgIpc) is 2.84. The van der Waals surface area contributed by atoms with Crippen LogP contribution in [0.5, 0.6) is 0 Å². The number of ether oxygens (including phenoxy) is 1. The molecule has 0 aliphatic carbocycles. The van der Waals surface area contributed by atoms with Crippen LogP contribution >= 0.6 is 7.92 Å². The van der Waals surface area contributed by atoms with Crippen molar-refractivity contribution in [2.24, 2.45) is 0 Å². The van der Waals surface area contributed by atoms with Gasteiger partial charge in [-0.25, -0.2) is 0 Å². The minimum Gasteiger partial charge on any atom is -0.460 e. The number of carbonyl (C=O) groups excluding carboxylic acids is 1. The molecule has 4 aromatic rings. The van der Waals surface area contributed by atoms with Crippen molar-refractivity contribution in [3.63, 3.8) is 0 Å². The molecule has 0 saturated heterocycles. The molecule has 0 radical (unpaired) electrons. The van der Waals surface area contributed by atoms with Crippen molar-refractivity contribution in [1.29, 1.82) is 0 Å². The highest BCUT2D eigenvalue weighted by Crippen LogP contribution is 2.38. The van der Waals surface area contributed by atoms with E-state index in [0.29, 0.717) is 12.8 Å². The monoisotopic (exact) mass is 466 g/mol. The minimum absolute atomic E-state index is 0.161. The molecule has 0 aliphatic heterocycles. The van der Waals surface area contributed by atoms with Crippen molar-refractivity contribution in [3.05, 3.63) is 115 Å². The second-order valence-electron chi connectivity index (χ2n) is 9.27. The Balaban J connectivity index is 1.75. The van der Waals surface area contributed by atoms with Crippen LogP contribution in [0.2, 0.25) is 0 Å². The number of carbonyl (C=O) groups is 1. The summed E-state index contributed by atoms with van der Waals surface area (Å²) >= 11 is 0. The molecule has 4 aromatic carbocycles. The van der Waals surface area contributed by atoms with E-state index in [9.17, 15) is 4.79 Å². The van der Waals surface area contributed by atoms with Gasteiger partial charge in [-0.15, -0.1) is 0 Å². The molecule has 172 valence electrons. The van der Waals surface area contributed by atoms with Gasteiger partial charge in [0, 0.05) is 6.42 Å². The van der Waals surface area contributed by atoms with Gasteiger partial charge in [0.2, 0.25) is 0 Å². The second kappa shape index (κ2) is 10.8. The quantitative estimate of drug-likeness (QED) is 0.233. The standard InChI is InChI=1S/C31H31O2P/c1-31(2,3)33-30(32)23-22-24-14-10-11-19-27(24)28-20-12-13-21-29(28)34(25-15-6-4-7-16-25)26-17-8-5-9-18-26/h4-21H,22-23H2,1-3H3. The summed E-state index contributed by atoms with van der Waals surface area (Å²) in [7, 11) is -0.735. The normalized spacial score (nSPS) is 11.4. The molecule has 0 amide bonds. The van der Waals surface area contributed by atoms with Gasteiger partial charge in [-0.3, -0.25) is 4.79 Å². The van der Waals surface area contributed by atoms with Gasteiger partial charge in [-0.05, 0) is 67.7 Å². The van der Waals surface area contributed by atoms with Gasteiger partial charge in [-0.1, -0.05) is 109 Å². The first-order valence-electron chi connectivity index (χ1n) is 11.7. The lowest BCUT2D eigenvalue weighted by molar-refractivity contribution is -0.154. The number of hydrogen-bond acceptors (Lipinski definition) is 2. The van der Waals surface area contributed by atoms with Crippen molar-refractivity contribution >= 4 is 29.8 Å². The number of aryl methyl sites for hydroxylation is 1. The van der Waals surface area contributed by atoms with Crippen molar-refractivity contribution in [3.8, 4) is 11.1 Å². The zero-order valence-electron chi connectivity index (χ0n) is 20.1. The first-order chi connectivity index (χ1) is 16.4. The Kier molecular flexibility index (Phi) is 7.60. The molecule has 0 N–H and O–H groups in total. The zero-order chi connectivity index (χ0) is 24.0. The number of hydrogen-bond donors (Lipinski definition) is 0. The molecule has 0 unspecified atom stereocenters. The van der Waals surface area contributed by atoms with E-state index in [2.05, 4.69) is 103 Å². The zero-order valence-corrected chi connectivity index (χ0v) is 21.0. The third-order valence-corrected chi connectivity index (χ3v) is 8.00. The average molecular weight is 467 g/mol. The van der Waals surface area contributed by atoms with Gasteiger partial charge in [0.15, 0.2) is 0 Å². The Morgan fingerprint density at radius 3 is 1.76 bits per heavy atom. The van der Waals surface area contributed by atoms with Gasteiger partial charge in [-0.2, -0.15) is 0 Å². The molecule has 0 aliphatic rings. The Bertz CT molecular complexity index is 1190. The Morgan fingerprint density at radius 1 is 0.676 bits per heavy atom. The van der Waals surface area contributed by atoms with Crippen molar-refractivity contribution in [1.82, 2.24) is 0 Å². The van der Waals surface area contributed by atoms with Crippen LogP contribution < -0.4 is 15.9 Å². The van der Waals surface area contributed by atoms with E-state index in [4.69, 9.17) is 4.74 Å². The van der Waals surface area contributed by atoms with E-state index in [-0.39, 0.29) is 5.97 Å². The molecule has 0 saturated carbocycles. The molecule has 0 aromatic heterocycles. The maximum absolute atomic E-state index is 12.4. The first-order valence-corrected chi connectivity index (χ1v) is 13.1. The summed E-state index contributed by atoms with van der Waals surface area (Å²) in [5.41, 5.74) is 3.10. The van der Waals surface area contributed by atoms with E-state index in [1.54, 1.807) is 0 Å². The summed E-state index contributed by atoms with van der Waals surface area (Å²) in [6.45, 7) is 5.72. The van der Waals surface area contributed by atoms with Crippen LogP contribution in [0.25, 0.3) is 11.1 Å². The van der Waals surface area contributed by atoms with E-state index < -0.39 is 13.5 Å². The molecular formula is C31H31O2P. The summed E-state index contributed by atoms with van der Waals surface area (Å²) in [6, 6.07) is 38.6. The minimum atomic E-state index is -0.735. The van der Waals surface area contributed by atoms with Crippen molar-refractivity contribution in [2.45, 2.75) is 39.2 Å². The summed E-state index contributed by atoms with van der Waals surface area (Å²) < 4.78 is 5.55. The summed E-state index contributed by atoms with van der Waals surface area (Å²) in [4.78, 5) is 12.4. The highest BCUT2D eigenvalue weighted by atomic mass is 31.1. The summed E-state index contributed by atoms with van der Waals surface area (Å²) in [5.74, 6) is -0.161. The topological polar surface area (TPSA) is 26.3 Å². The fraction of sp³-hybridized carbons (Fsp3) is 0.194. The molecule has 0 bridgehead atoms. The van der Waals surface area contributed by atoms with Crippen LogP contribution in [-0.4, -0.2) is 11.6 Å². The third-order valence-electron chi connectivity index (χ3n) is 5.50. The van der Waals surface area contributed by atoms with Gasteiger partial charge in [0.25, 0.3) is 0 Å². The van der Waals surface area contributed by atoms with Crippen LogP contribution in [0.15, 0.2) is 109 Å². The van der Waals surface area contributed by atoms with Gasteiger partial charge >= 0.3 is 5.97 Å². The smallest absolute Gasteiger partial charge is 0.306 e. The molecule has 3 heteroatoms. The van der Waals surface area contributed by atoms with Crippen LogP contribution in [-0.2, 0) is 16.0 Å². The lowest BCUT2D eigenvalue weighted by Gasteiger charge is -2.23. The highest BCUT2D eigenvalue weighted by molar-refractivity contribution is 7.80. The van der Waals surface area contributed by atoms with Gasteiger partial charge in [0.05, 0.1) is 0 Å². The summed E-state index contributed by atoms with van der Waals surface area (Å²) in [5, 5.41) is 3.96. The number of rotatable bonds is 7. The largest absolute Gasteiger partial charge is 0.460 e. The third kappa shape index (κ3) is 6.01. The molecule has 0 fully saturated rings. The van der Waals surface area contributed by atoms with Crippen molar-refractivity contribution in [2.75, 3.05) is 0 Å². The lowest BCUT2D eigenvalue weighted by atomic mass is 9.96. The van der Waals surface area contributed by atoms with Crippen molar-refractivity contribution < 1.29 is 9.53 Å². The van der Waals surface area contributed by atoms with Crippen LogP contribution in [0.3, 0.4) is 0 Å². The number of esters is 1. The van der Waals surface area contributed by atoms with E-state index in [1.165, 1.54) is 27.0 Å². The Morgan fingerprint density at radius 2 is 1.18 bits per heavy atom. The molecule has 0 heterocycles. The summed E-state index contributed by atoms with van der Waals surface area (Å²) in [6.07, 6.45) is 1.01. The maximum atomic E-state index is 12.4.